The zero-order chi connectivity index (χ0) is 9.68. The van der Waals surface area contributed by atoms with Crippen molar-refractivity contribution < 1.29 is 0 Å². The number of rotatable bonds is 5. The van der Waals surface area contributed by atoms with Gasteiger partial charge < -0.3 is 11.1 Å². The molecule has 0 atom stereocenters. The van der Waals surface area contributed by atoms with E-state index in [-0.39, 0.29) is 0 Å². The highest BCUT2D eigenvalue weighted by Crippen LogP contribution is 2.15. The molecule has 4 heteroatoms. The number of aromatic nitrogens is 1. The highest BCUT2D eigenvalue weighted by molar-refractivity contribution is 7.13. The van der Waals surface area contributed by atoms with E-state index in [0.717, 1.165) is 23.3 Å². The summed E-state index contributed by atoms with van der Waals surface area (Å²) < 4.78 is 0. The van der Waals surface area contributed by atoms with Crippen molar-refractivity contribution in [1.29, 1.82) is 0 Å². The van der Waals surface area contributed by atoms with Crippen LogP contribution in [0, 0.1) is 5.92 Å². The lowest BCUT2D eigenvalue weighted by atomic mass is 10.1. The van der Waals surface area contributed by atoms with Crippen molar-refractivity contribution in [3.8, 4) is 0 Å². The number of nitrogens with one attached hydrogen (secondary N) is 1. The molecule has 0 bridgehead atoms. The number of thiazole rings is 1. The van der Waals surface area contributed by atoms with Crippen molar-refractivity contribution in [2.45, 2.75) is 26.8 Å². The third-order valence-corrected chi connectivity index (χ3v) is 2.61. The fourth-order valence-electron chi connectivity index (χ4n) is 0.950. The van der Waals surface area contributed by atoms with Crippen LogP contribution < -0.4 is 11.1 Å². The molecule has 0 saturated carbocycles. The molecule has 3 nitrogen and oxygen atoms in total. The summed E-state index contributed by atoms with van der Waals surface area (Å²) >= 11 is 1.62. The number of anilines is 1. The van der Waals surface area contributed by atoms with E-state index in [2.05, 4.69) is 24.1 Å². The summed E-state index contributed by atoms with van der Waals surface area (Å²) in [5, 5.41) is 6.27. The number of hydrogen-bond acceptors (Lipinski definition) is 4. The molecule has 0 saturated heterocycles. The second-order valence-electron chi connectivity index (χ2n) is 3.46. The average molecular weight is 199 g/mol. The van der Waals surface area contributed by atoms with E-state index < -0.39 is 0 Å². The van der Waals surface area contributed by atoms with Crippen LogP contribution in [0.3, 0.4) is 0 Å². The maximum Gasteiger partial charge on any atom is 0.182 e. The molecule has 0 aromatic carbocycles. The molecule has 0 fully saturated rings. The summed E-state index contributed by atoms with van der Waals surface area (Å²) in [6, 6.07) is 0. The van der Waals surface area contributed by atoms with Gasteiger partial charge in [-0.2, -0.15) is 0 Å². The number of nitrogens with two attached hydrogens (primary N) is 1. The highest BCUT2D eigenvalue weighted by atomic mass is 32.1. The first-order valence-electron chi connectivity index (χ1n) is 4.60. The van der Waals surface area contributed by atoms with Crippen molar-refractivity contribution in [2.75, 3.05) is 11.9 Å². The van der Waals surface area contributed by atoms with Crippen LogP contribution in [0.15, 0.2) is 5.38 Å². The van der Waals surface area contributed by atoms with Crippen molar-refractivity contribution in [3.05, 3.63) is 11.1 Å². The van der Waals surface area contributed by atoms with E-state index in [9.17, 15) is 0 Å². The smallest absolute Gasteiger partial charge is 0.182 e. The van der Waals surface area contributed by atoms with Gasteiger partial charge in [-0.3, -0.25) is 0 Å². The third-order valence-electron chi connectivity index (χ3n) is 1.76. The Morgan fingerprint density at radius 1 is 1.62 bits per heavy atom. The van der Waals surface area contributed by atoms with Gasteiger partial charge in [-0.1, -0.05) is 13.8 Å². The van der Waals surface area contributed by atoms with Crippen molar-refractivity contribution in [2.24, 2.45) is 11.7 Å². The molecule has 0 aliphatic heterocycles. The predicted molar refractivity (Wildman–Crippen MR) is 58.0 cm³/mol. The van der Waals surface area contributed by atoms with Crippen LogP contribution in [0.2, 0.25) is 0 Å². The number of nitrogens with zero attached hydrogens (tertiary/aromatic N) is 1. The first-order chi connectivity index (χ1) is 6.22. The van der Waals surface area contributed by atoms with Gasteiger partial charge in [0.15, 0.2) is 5.13 Å². The first-order valence-corrected chi connectivity index (χ1v) is 5.48. The molecular formula is C9H17N3S. The molecule has 1 aromatic rings. The van der Waals surface area contributed by atoms with Crippen LogP contribution >= 0.6 is 11.3 Å². The quantitative estimate of drug-likeness (QED) is 0.763. The summed E-state index contributed by atoms with van der Waals surface area (Å²) in [5.41, 5.74) is 6.43. The zero-order valence-corrected chi connectivity index (χ0v) is 9.03. The zero-order valence-electron chi connectivity index (χ0n) is 8.21. The molecule has 0 spiro atoms. The largest absolute Gasteiger partial charge is 0.362 e. The van der Waals surface area contributed by atoms with Crippen molar-refractivity contribution in [3.63, 3.8) is 0 Å². The standard InChI is InChI=1S/C9H17N3S/c1-7(2)3-4-11-9-12-8(5-10)6-13-9/h6-7H,3-5,10H2,1-2H3,(H,11,12). The van der Waals surface area contributed by atoms with Gasteiger partial charge in [0.05, 0.1) is 5.69 Å². The van der Waals surface area contributed by atoms with Gasteiger partial charge in [0, 0.05) is 18.5 Å². The minimum absolute atomic E-state index is 0.530. The van der Waals surface area contributed by atoms with Crippen LogP contribution in [0.25, 0.3) is 0 Å². The van der Waals surface area contributed by atoms with Crippen LogP contribution in [0.5, 0.6) is 0 Å². The lowest BCUT2D eigenvalue weighted by Gasteiger charge is -2.04. The average Bonchev–Trinajstić information content (AvgIpc) is 2.52. The molecule has 0 unspecified atom stereocenters. The Labute approximate surface area is 83.4 Å². The predicted octanol–water partition coefficient (Wildman–Crippen LogP) is 2.06. The molecule has 3 N–H and O–H groups in total. The second kappa shape index (κ2) is 5.19. The Morgan fingerprint density at radius 3 is 2.92 bits per heavy atom. The molecule has 0 radical (unpaired) electrons. The van der Waals surface area contributed by atoms with E-state index in [4.69, 9.17) is 5.73 Å². The molecule has 0 aliphatic rings. The Bertz CT molecular complexity index is 245. The highest BCUT2D eigenvalue weighted by Gasteiger charge is 1.99. The normalized spacial score (nSPS) is 10.8. The van der Waals surface area contributed by atoms with Gasteiger partial charge in [-0.25, -0.2) is 4.98 Å². The maximum absolute atomic E-state index is 5.46. The Morgan fingerprint density at radius 2 is 2.38 bits per heavy atom. The fourth-order valence-corrected chi connectivity index (χ4v) is 1.70. The maximum atomic E-state index is 5.46. The van der Waals surface area contributed by atoms with Crippen LogP contribution in [-0.2, 0) is 6.54 Å². The minimum Gasteiger partial charge on any atom is -0.362 e. The van der Waals surface area contributed by atoms with Gasteiger partial charge in [-0.15, -0.1) is 11.3 Å². The monoisotopic (exact) mass is 199 g/mol. The summed E-state index contributed by atoms with van der Waals surface area (Å²) in [6.45, 7) is 5.96. The Kier molecular flexibility index (Phi) is 4.18. The van der Waals surface area contributed by atoms with Crippen molar-refractivity contribution in [1.82, 2.24) is 4.98 Å². The van der Waals surface area contributed by atoms with Gasteiger partial charge in [-0.05, 0) is 12.3 Å². The first kappa shape index (κ1) is 10.5. The molecular weight excluding hydrogens is 182 g/mol. The molecule has 0 amide bonds. The summed E-state index contributed by atoms with van der Waals surface area (Å²) in [7, 11) is 0. The Hall–Kier alpha value is -0.610. The summed E-state index contributed by atoms with van der Waals surface area (Å²) in [4.78, 5) is 4.31. The topological polar surface area (TPSA) is 50.9 Å². The summed E-state index contributed by atoms with van der Waals surface area (Å²) in [6.07, 6.45) is 1.18. The molecule has 13 heavy (non-hydrogen) atoms. The van der Waals surface area contributed by atoms with E-state index in [1.54, 1.807) is 11.3 Å². The molecule has 1 aromatic heterocycles. The Balaban J connectivity index is 2.28. The van der Waals surface area contributed by atoms with Crippen LogP contribution in [0.4, 0.5) is 5.13 Å². The molecule has 74 valence electrons. The van der Waals surface area contributed by atoms with E-state index in [1.807, 2.05) is 5.38 Å². The van der Waals surface area contributed by atoms with E-state index in [1.165, 1.54) is 6.42 Å². The molecule has 1 rings (SSSR count). The second-order valence-corrected chi connectivity index (χ2v) is 4.32. The van der Waals surface area contributed by atoms with Crippen molar-refractivity contribution >= 4 is 16.5 Å². The van der Waals surface area contributed by atoms with Gasteiger partial charge in [0.25, 0.3) is 0 Å². The lowest BCUT2D eigenvalue weighted by molar-refractivity contribution is 0.607. The van der Waals surface area contributed by atoms with E-state index >= 15 is 0 Å². The van der Waals surface area contributed by atoms with Crippen LogP contribution in [-0.4, -0.2) is 11.5 Å². The minimum atomic E-state index is 0.530. The summed E-state index contributed by atoms with van der Waals surface area (Å²) in [5.74, 6) is 0.737. The van der Waals surface area contributed by atoms with E-state index in [0.29, 0.717) is 6.54 Å². The van der Waals surface area contributed by atoms with Crippen LogP contribution in [0.1, 0.15) is 26.0 Å². The fraction of sp³-hybridized carbons (Fsp3) is 0.667. The number of hydrogen-bond donors (Lipinski definition) is 2. The molecule has 0 aliphatic carbocycles. The van der Waals surface area contributed by atoms with Gasteiger partial charge >= 0.3 is 0 Å². The lowest BCUT2D eigenvalue weighted by Crippen LogP contribution is -2.04. The van der Waals surface area contributed by atoms with Gasteiger partial charge in [0.2, 0.25) is 0 Å². The van der Waals surface area contributed by atoms with Gasteiger partial charge in [0.1, 0.15) is 0 Å². The molecule has 1 heterocycles. The third kappa shape index (κ3) is 3.74. The SMILES string of the molecule is CC(C)CCNc1nc(CN)cs1.